The van der Waals surface area contributed by atoms with Crippen LogP contribution in [0.2, 0.25) is 0 Å². The largest absolute Gasteiger partial charge is 0.465 e. The zero-order chi connectivity index (χ0) is 16.4. The summed E-state index contributed by atoms with van der Waals surface area (Å²) in [6.45, 7) is 5.72. The van der Waals surface area contributed by atoms with Gasteiger partial charge in [-0.25, -0.2) is 4.79 Å². The van der Waals surface area contributed by atoms with Gasteiger partial charge in [-0.05, 0) is 37.5 Å². The summed E-state index contributed by atoms with van der Waals surface area (Å²) in [4.78, 5) is 22.7. The van der Waals surface area contributed by atoms with Gasteiger partial charge in [-0.1, -0.05) is 18.7 Å². The van der Waals surface area contributed by atoms with Gasteiger partial charge in [0.25, 0.3) is 0 Å². The summed E-state index contributed by atoms with van der Waals surface area (Å²) < 4.78 is 10.1. The molecule has 0 heterocycles. The fourth-order valence-electron chi connectivity index (χ4n) is 1.76. The number of hydrogen-bond donors (Lipinski definition) is 1. The van der Waals surface area contributed by atoms with Crippen molar-refractivity contribution in [2.24, 2.45) is 0 Å². The molecule has 0 unspecified atom stereocenters. The van der Waals surface area contributed by atoms with Crippen LogP contribution >= 0.6 is 0 Å². The Balaban J connectivity index is 2.06. The molecule has 0 fully saturated rings. The van der Waals surface area contributed by atoms with E-state index in [9.17, 15) is 9.59 Å². The fourth-order valence-corrected chi connectivity index (χ4v) is 1.76. The number of nitrogen functional groups attached to an aromatic ring is 1. The Morgan fingerprint density at radius 3 is 2.64 bits per heavy atom. The minimum absolute atomic E-state index is 0.241. The average molecular weight is 305 g/mol. The second-order valence-electron chi connectivity index (χ2n) is 5.09. The second-order valence-corrected chi connectivity index (χ2v) is 5.09. The van der Waals surface area contributed by atoms with Gasteiger partial charge in [-0.15, -0.1) is 0 Å². The Hall–Kier alpha value is -2.30. The van der Waals surface area contributed by atoms with Crippen molar-refractivity contribution in [1.29, 1.82) is 0 Å². The van der Waals surface area contributed by atoms with E-state index < -0.39 is 5.97 Å². The highest BCUT2D eigenvalue weighted by molar-refractivity contribution is 5.86. The number of anilines is 1. The van der Waals surface area contributed by atoms with Gasteiger partial charge in [0.15, 0.2) is 0 Å². The lowest BCUT2D eigenvalue weighted by Gasteiger charge is -2.06. The molecule has 0 aliphatic carbocycles. The Bertz CT molecular complexity index is 525. The minimum Gasteiger partial charge on any atom is -0.465 e. The number of benzene rings is 1. The zero-order valence-corrected chi connectivity index (χ0v) is 13.0. The molecule has 0 saturated heterocycles. The van der Waals surface area contributed by atoms with Gasteiger partial charge in [0, 0.05) is 24.1 Å². The van der Waals surface area contributed by atoms with Crippen molar-refractivity contribution in [1.82, 2.24) is 0 Å². The first-order valence-electron chi connectivity index (χ1n) is 7.31. The van der Waals surface area contributed by atoms with Crippen molar-refractivity contribution in [3.05, 3.63) is 42.0 Å². The van der Waals surface area contributed by atoms with Crippen molar-refractivity contribution in [3.8, 4) is 0 Å². The molecule has 0 radical (unpaired) electrons. The van der Waals surface area contributed by atoms with Gasteiger partial charge in [0.05, 0.1) is 13.2 Å². The maximum atomic E-state index is 11.5. The normalized spacial score (nSPS) is 10.0. The molecule has 0 atom stereocenters. The molecule has 22 heavy (non-hydrogen) atoms. The molecule has 120 valence electrons. The average Bonchev–Trinajstić information content (AvgIpc) is 2.46. The van der Waals surface area contributed by atoms with Crippen LogP contribution < -0.4 is 5.73 Å². The highest BCUT2D eigenvalue weighted by Gasteiger charge is 2.05. The summed E-state index contributed by atoms with van der Waals surface area (Å²) in [5, 5.41) is 0. The van der Waals surface area contributed by atoms with Crippen LogP contribution in [0, 0.1) is 0 Å². The van der Waals surface area contributed by atoms with Crippen molar-refractivity contribution >= 4 is 17.6 Å². The lowest BCUT2D eigenvalue weighted by Crippen LogP contribution is -2.09. The molecule has 0 aliphatic rings. The monoisotopic (exact) mass is 305 g/mol. The first kappa shape index (κ1) is 17.8. The van der Waals surface area contributed by atoms with Gasteiger partial charge < -0.3 is 15.2 Å². The summed E-state index contributed by atoms with van der Waals surface area (Å²) in [7, 11) is 0. The van der Waals surface area contributed by atoms with Crippen LogP contribution in [-0.4, -0.2) is 25.2 Å². The van der Waals surface area contributed by atoms with Crippen molar-refractivity contribution in [2.45, 2.75) is 32.6 Å². The predicted molar refractivity (Wildman–Crippen MR) is 85.1 cm³/mol. The third-order valence-corrected chi connectivity index (χ3v) is 2.96. The first-order chi connectivity index (χ1) is 10.5. The van der Waals surface area contributed by atoms with Gasteiger partial charge in [-0.2, -0.15) is 0 Å². The van der Waals surface area contributed by atoms with Crippen molar-refractivity contribution in [3.63, 3.8) is 0 Å². The van der Waals surface area contributed by atoms with Gasteiger partial charge >= 0.3 is 11.9 Å². The SMILES string of the molecule is C=C(C)C(=O)OCCCCC(=O)OCCc1cccc(N)c1. The molecule has 2 N–H and O–H groups in total. The van der Waals surface area contributed by atoms with Gasteiger partial charge in [-0.3, -0.25) is 4.79 Å². The quantitative estimate of drug-likeness (QED) is 0.328. The van der Waals surface area contributed by atoms with Crippen molar-refractivity contribution < 1.29 is 19.1 Å². The number of rotatable bonds is 9. The zero-order valence-electron chi connectivity index (χ0n) is 13.0. The Kier molecular flexibility index (Phi) is 7.75. The summed E-state index contributed by atoms with van der Waals surface area (Å²) >= 11 is 0. The number of ether oxygens (including phenoxy) is 2. The number of hydrogen-bond acceptors (Lipinski definition) is 5. The van der Waals surface area contributed by atoms with Gasteiger partial charge in [0.1, 0.15) is 0 Å². The second kappa shape index (κ2) is 9.60. The van der Waals surface area contributed by atoms with Crippen LogP contribution in [0.5, 0.6) is 0 Å². The molecule has 0 spiro atoms. The smallest absolute Gasteiger partial charge is 0.333 e. The fraction of sp³-hybridized carbons (Fsp3) is 0.412. The molecule has 1 aromatic carbocycles. The topological polar surface area (TPSA) is 78.6 Å². The lowest BCUT2D eigenvalue weighted by atomic mass is 10.1. The highest BCUT2D eigenvalue weighted by Crippen LogP contribution is 2.07. The van der Waals surface area contributed by atoms with E-state index in [1.165, 1.54) is 0 Å². The van der Waals surface area contributed by atoms with Crippen LogP contribution in [0.25, 0.3) is 0 Å². The van der Waals surface area contributed by atoms with E-state index in [1.807, 2.05) is 24.3 Å². The van der Waals surface area contributed by atoms with E-state index in [2.05, 4.69) is 6.58 Å². The number of nitrogens with two attached hydrogens (primary N) is 1. The van der Waals surface area contributed by atoms with E-state index in [4.69, 9.17) is 15.2 Å². The molecule has 0 aromatic heterocycles. The van der Waals surface area contributed by atoms with E-state index in [0.717, 1.165) is 5.56 Å². The molecule has 5 nitrogen and oxygen atoms in total. The molecule has 0 amide bonds. The minimum atomic E-state index is -0.398. The Morgan fingerprint density at radius 1 is 1.18 bits per heavy atom. The van der Waals surface area contributed by atoms with Crippen LogP contribution in [0.15, 0.2) is 36.4 Å². The molecular formula is C17H23NO4. The molecule has 0 bridgehead atoms. The number of esters is 2. The molecule has 0 saturated carbocycles. The summed E-state index contributed by atoms with van der Waals surface area (Å²) in [5.41, 5.74) is 7.79. The van der Waals surface area contributed by atoms with Crippen LogP contribution in [0.4, 0.5) is 5.69 Å². The Morgan fingerprint density at radius 2 is 1.95 bits per heavy atom. The van der Waals surface area contributed by atoms with Crippen LogP contribution in [0.1, 0.15) is 31.7 Å². The number of unbranched alkanes of at least 4 members (excludes halogenated alkanes) is 1. The van der Waals surface area contributed by atoms with Crippen LogP contribution in [0.3, 0.4) is 0 Å². The van der Waals surface area contributed by atoms with Crippen LogP contribution in [-0.2, 0) is 25.5 Å². The predicted octanol–water partition coefficient (Wildman–Crippen LogP) is 2.64. The summed E-state index contributed by atoms with van der Waals surface area (Å²) in [5.74, 6) is -0.639. The third kappa shape index (κ3) is 7.47. The first-order valence-corrected chi connectivity index (χ1v) is 7.31. The summed E-state index contributed by atoms with van der Waals surface area (Å²) in [6.07, 6.45) is 2.22. The van der Waals surface area contributed by atoms with Crippen molar-refractivity contribution in [2.75, 3.05) is 18.9 Å². The molecule has 0 aliphatic heterocycles. The summed E-state index contributed by atoms with van der Waals surface area (Å²) in [6, 6.07) is 7.50. The standard InChI is InChI=1S/C17H23NO4/c1-13(2)17(20)22-10-4-3-8-16(19)21-11-9-14-6-5-7-15(18)12-14/h5-7,12H,1,3-4,8-11,18H2,2H3. The van der Waals surface area contributed by atoms with Gasteiger partial charge in [0.2, 0.25) is 0 Å². The number of carbonyl (C=O) groups excluding carboxylic acids is 2. The Labute approximate surface area is 131 Å². The highest BCUT2D eigenvalue weighted by atomic mass is 16.5. The van der Waals surface area contributed by atoms with E-state index in [1.54, 1.807) is 6.92 Å². The van der Waals surface area contributed by atoms with E-state index >= 15 is 0 Å². The van der Waals surface area contributed by atoms with E-state index in [0.29, 0.717) is 50.2 Å². The maximum Gasteiger partial charge on any atom is 0.333 e. The molecule has 1 rings (SSSR count). The lowest BCUT2D eigenvalue weighted by molar-refractivity contribution is -0.143. The van der Waals surface area contributed by atoms with E-state index in [-0.39, 0.29) is 5.97 Å². The maximum absolute atomic E-state index is 11.5. The molecule has 1 aromatic rings. The number of carbonyl (C=O) groups is 2. The molecular weight excluding hydrogens is 282 g/mol. The molecule has 5 heteroatoms. The third-order valence-electron chi connectivity index (χ3n) is 2.96.